The van der Waals surface area contributed by atoms with Gasteiger partial charge in [-0.1, -0.05) is 0 Å². The monoisotopic (exact) mass is 358 g/mol. The largest absolute Gasteiger partial charge is 0.307 e. The first kappa shape index (κ1) is 13.1. The predicted octanol–water partition coefficient (Wildman–Crippen LogP) is 3.69. The Labute approximate surface area is 128 Å². The number of aryl methyl sites for hydroxylation is 2. The zero-order valence-corrected chi connectivity index (χ0v) is 13.7. The first-order valence-electron chi connectivity index (χ1n) is 5.79. The lowest BCUT2D eigenvalue weighted by atomic mass is 10.4. The molecular formula is C12H12BrClN4S. The molecule has 0 aliphatic heterocycles. The van der Waals surface area contributed by atoms with Gasteiger partial charge < -0.3 is 4.57 Å². The average molecular weight is 360 g/mol. The summed E-state index contributed by atoms with van der Waals surface area (Å²) < 4.78 is 5.14. The second-order valence-corrected chi connectivity index (χ2v) is 7.15. The molecule has 0 amide bonds. The molecular weight excluding hydrogens is 348 g/mol. The van der Waals surface area contributed by atoms with Crippen LogP contribution < -0.4 is 0 Å². The summed E-state index contributed by atoms with van der Waals surface area (Å²) in [5.74, 6) is 1.29. The Balaban J connectivity index is 2.15. The van der Waals surface area contributed by atoms with Gasteiger partial charge in [-0.15, -0.1) is 22.9 Å². The van der Waals surface area contributed by atoms with Gasteiger partial charge in [0.25, 0.3) is 0 Å². The van der Waals surface area contributed by atoms with Crippen molar-refractivity contribution in [3.63, 3.8) is 0 Å². The number of alkyl halides is 1. The highest BCUT2D eigenvalue weighted by Gasteiger charge is 2.17. The zero-order valence-electron chi connectivity index (χ0n) is 10.5. The summed E-state index contributed by atoms with van der Waals surface area (Å²) in [6.07, 6.45) is 0. The van der Waals surface area contributed by atoms with Crippen molar-refractivity contribution < 1.29 is 0 Å². The van der Waals surface area contributed by atoms with Gasteiger partial charge in [0.2, 0.25) is 0 Å². The molecule has 19 heavy (non-hydrogen) atoms. The fourth-order valence-corrected chi connectivity index (χ4v) is 3.92. The molecule has 0 aliphatic carbocycles. The van der Waals surface area contributed by atoms with Gasteiger partial charge in [0.15, 0.2) is 5.65 Å². The summed E-state index contributed by atoms with van der Waals surface area (Å²) in [5, 5.41) is 4.42. The number of hydrogen-bond acceptors (Lipinski definition) is 3. The Morgan fingerprint density at radius 2 is 2.21 bits per heavy atom. The molecule has 0 radical (unpaired) electrons. The van der Waals surface area contributed by atoms with Crippen molar-refractivity contribution in [1.82, 2.24) is 19.3 Å². The van der Waals surface area contributed by atoms with Crippen LogP contribution >= 0.6 is 38.9 Å². The second kappa shape index (κ2) is 4.92. The molecule has 0 fully saturated rings. The van der Waals surface area contributed by atoms with Crippen molar-refractivity contribution in [1.29, 1.82) is 0 Å². The Kier molecular flexibility index (Phi) is 3.41. The molecule has 0 unspecified atom stereocenters. The Morgan fingerprint density at radius 3 is 2.84 bits per heavy atom. The van der Waals surface area contributed by atoms with Crippen molar-refractivity contribution in [3.05, 3.63) is 32.3 Å². The van der Waals surface area contributed by atoms with Crippen LogP contribution in [0, 0.1) is 6.92 Å². The molecule has 3 heterocycles. The molecule has 0 aromatic carbocycles. The van der Waals surface area contributed by atoms with Crippen molar-refractivity contribution in [2.24, 2.45) is 7.05 Å². The highest BCUT2D eigenvalue weighted by atomic mass is 79.9. The van der Waals surface area contributed by atoms with Crippen LogP contribution in [-0.2, 0) is 19.5 Å². The van der Waals surface area contributed by atoms with Crippen LogP contribution in [0.1, 0.15) is 16.4 Å². The number of thiophene rings is 1. The summed E-state index contributed by atoms with van der Waals surface area (Å²) in [6.45, 7) is 2.74. The predicted molar refractivity (Wildman–Crippen MR) is 81.9 cm³/mol. The van der Waals surface area contributed by atoms with E-state index in [-0.39, 0.29) is 0 Å². The number of halogens is 2. The molecule has 0 aliphatic rings. The lowest BCUT2D eigenvalue weighted by Gasteiger charge is -2.06. The summed E-state index contributed by atoms with van der Waals surface area (Å²) >= 11 is 11.2. The van der Waals surface area contributed by atoms with E-state index in [0.717, 1.165) is 33.0 Å². The highest BCUT2D eigenvalue weighted by Crippen LogP contribution is 2.26. The third-order valence-electron chi connectivity index (χ3n) is 3.03. The number of imidazole rings is 1. The van der Waals surface area contributed by atoms with Crippen LogP contribution in [0.5, 0.6) is 0 Å². The summed E-state index contributed by atoms with van der Waals surface area (Å²) in [7, 11) is 1.94. The lowest BCUT2D eigenvalue weighted by molar-refractivity contribution is 0.706. The molecule has 4 nitrogen and oxygen atoms in total. The first-order valence-corrected chi connectivity index (χ1v) is 7.93. The topological polar surface area (TPSA) is 35.6 Å². The molecule has 0 atom stereocenters. The van der Waals surface area contributed by atoms with E-state index in [1.165, 1.54) is 4.88 Å². The lowest BCUT2D eigenvalue weighted by Crippen LogP contribution is -2.06. The van der Waals surface area contributed by atoms with E-state index < -0.39 is 0 Å². The minimum atomic E-state index is 0.403. The van der Waals surface area contributed by atoms with Crippen molar-refractivity contribution >= 4 is 50.0 Å². The molecule has 0 bridgehead atoms. The fourth-order valence-electron chi connectivity index (χ4n) is 2.24. The number of hydrogen-bond donors (Lipinski definition) is 0. The zero-order chi connectivity index (χ0) is 13.6. The van der Waals surface area contributed by atoms with Gasteiger partial charge in [0, 0.05) is 11.9 Å². The minimum absolute atomic E-state index is 0.403. The van der Waals surface area contributed by atoms with Gasteiger partial charge in [0.05, 0.1) is 21.9 Å². The molecule has 0 saturated carbocycles. The Morgan fingerprint density at radius 1 is 1.42 bits per heavy atom. The van der Waals surface area contributed by atoms with E-state index in [0.29, 0.717) is 5.88 Å². The molecule has 3 aromatic heterocycles. The normalized spacial score (nSPS) is 11.6. The molecule has 0 spiro atoms. The van der Waals surface area contributed by atoms with E-state index in [1.54, 1.807) is 11.3 Å². The van der Waals surface area contributed by atoms with E-state index in [9.17, 15) is 0 Å². The van der Waals surface area contributed by atoms with Crippen LogP contribution in [0.4, 0.5) is 0 Å². The number of rotatable bonds is 3. The van der Waals surface area contributed by atoms with E-state index in [2.05, 4.69) is 42.7 Å². The number of aromatic nitrogens is 4. The van der Waals surface area contributed by atoms with Gasteiger partial charge in [-0.2, -0.15) is 5.10 Å². The number of fused-ring (bicyclic) bond motifs is 1. The van der Waals surface area contributed by atoms with Gasteiger partial charge in [-0.25, -0.2) is 4.98 Å². The minimum Gasteiger partial charge on any atom is -0.307 e. The van der Waals surface area contributed by atoms with Gasteiger partial charge in [-0.3, -0.25) is 4.68 Å². The maximum atomic E-state index is 6.02. The molecule has 0 N–H and O–H groups in total. The van der Waals surface area contributed by atoms with Crippen LogP contribution in [0.2, 0.25) is 0 Å². The Bertz CT molecular complexity index is 742. The summed E-state index contributed by atoms with van der Waals surface area (Å²) in [5.41, 5.74) is 2.90. The second-order valence-electron chi connectivity index (χ2n) is 4.33. The van der Waals surface area contributed by atoms with Gasteiger partial charge in [-0.05, 0) is 35.0 Å². The van der Waals surface area contributed by atoms with Crippen molar-refractivity contribution in [3.8, 4) is 0 Å². The first-order chi connectivity index (χ1) is 9.10. The Hall–Kier alpha value is -0.850. The van der Waals surface area contributed by atoms with Crippen molar-refractivity contribution in [2.45, 2.75) is 19.3 Å². The van der Waals surface area contributed by atoms with E-state index in [4.69, 9.17) is 11.6 Å². The van der Waals surface area contributed by atoms with Crippen LogP contribution in [0.3, 0.4) is 0 Å². The van der Waals surface area contributed by atoms with Crippen molar-refractivity contribution in [2.75, 3.05) is 0 Å². The number of nitrogens with zero attached hydrogens (tertiary/aromatic N) is 4. The smallest absolute Gasteiger partial charge is 0.159 e. The van der Waals surface area contributed by atoms with Crippen LogP contribution in [0.25, 0.3) is 11.2 Å². The average Bonchev–Trinajstić information content (AvgIpc) is 3.00. The maximum absolute atomic E-state index is 6.02. The molecule has 0 saturated heterocycles. The summed E-state index contributed by atoms with van der Waals surface area (Å²) in [4.78, 5) is 5.86. The van der Waals surface area contributed by atoms with Crippen LogP contribution in [-0.4, -0.2) is 19.3 Å². The van der Waals surface area contributed by atoms with Gasteiger partial charge >= 0.3 is 0 Å². The quantitative estimate of drug-likeness (QED) is 0.669. The summed E-state index contributed by atoms with van der Waals surface area (Å²) in [6, 6.07) is 4.17. The molecule has 7 heteroatoms. The SMILES string of the molecule is Cc1nn(C)c2c1nc(CCl)n2Cc1ccc(Br)s1. The molecule has 100 valence electrons. The van der Waals surface area contributed by atoms with Gasteiger partial charge in [0.1, 0.15) is 11.3 Å². The third kappa shape index (κ3) is 2.22. The maximum Gasteiger partial charge on any atom is 0.159 e. The third-order valence-corrected chi connectivity index (χ3v) is 4.88. The van der Waals surface area contributed by atoms with E-state index in [1.807, 2.05) is 18.7 Å². The standard InChI is InChI=1S/C12H12BrClN4S/c1-7-11-12(17(2)16-7)18(10(5-14)15-11)6-8-3-4-9(13)19-8/h3-4H,5-6H2,1-2H3. The van der Waals surface area contributed by atoms with E-state index >= 15 is 0 Å². The molecule has 3 aromatic rings. The van der Waals surface area contributed by atoms with Crippen LogP contribution in [0.15, 0.2) is 15.9 Å². The fraction of sp³-hybridized carbons (Fsp3) is 0.333. The highest BCUT2D eigenvalue weighted by molar-refractivity contribution is 9.11. The molecule has 3 rings (SSSR count).